The predicted octanol–water partition coefficient (Wildman–Crippen LogP) is 2.09. The Hall–Kier alpha value is -2.00. The average Bonchev–Trinajstić information content (AvgIpc) is 2.83. The molecular formula is C11H9FN2O4S2. The van der Waals surface area contributed by atoms with E-state index in [9.17, 15) is 17.6 Å². The minimum atomic E-state index is -4.01. The zero-order valence-electron chi connectivity index (χ0n) is 10.1. The molecular weight excluding hydrogens is 307 g/mol. The summed E-state index contributed by atoms with van der Waals surface area (Å²) in [6, 6.07) is 1.97. The fraction of sp³-hybridized carbons (Fsp3) is 0.0909. The number of hydrogen-bond acceptors (Lipinski definition) is 5. The van der Waals surface area contributed by atoms with Gasteiger partial charge in [0.25, 0.3) is 10.0 Å². The Labute approximate surface area is 118 Å². The molecule has 2 aromatic rings. The minimum Gasteiger partial charge on any atom is -0.478 e. The van der Waals surface area contributed by atoms with Crippen molar-refractivity contribution in [3.63, 3.8) is 0 Å². The monoisotopic (exact) mass is 316 g/mol. The number of hydrogen-bond donors (Lipinski definition) is 2. The van der Waals surface area contributed by atoms with Gasteiger partial charge in [0, 0.05) is 17.1 Å². The minimum absolute atomic E-state index is 0.145. The maximum absolute atomic E-state index is 13.8. The Bertz CT molecular complexity index is 757. The number of aromatic nitrogens is 1. The largest absolute Gasteiger partial charge is 0.478 e. The summed E-state index contributed by atoms with van der Waals surface area (Å²) < 4.78 is 40.2. The molecule has 1 aromatic heterocycles. The first kappa shape index (κ1) is 14.4. The Morgan fingerprint density at radius 1 is 1.45 bits per heavy atom. The molecule has 0 aliphatic heterocycles. The molecule has 0 radical (unpaired) electrons. The second kappa shape index (κ2) is 5.17. The summed E-state index contributed by atoms with van der Waals surface area (Å²) in [6.07, 6.45) is 1.42. The lowest BCUT2D eigenvalue weighted by Gasteiger charge is -2.10. The number of thiazole rings is 1. The summed E-state index contributed by atoms with van der Waals surface area (Å²) in [5.41, 5.74) is -0.829. The smallest absolute Gasteiger partial charge is 0.338 e. The standard InChI is InChI=1S/C11H9FN2O4S2/c1-6-8(3-2-7(9(6)12)10(15)16)20(17,18)14-11-13-4-5-19-11/h2-5H,1H3,(H,13,14)(H,15,16). The lowest BCUT2D eigenvalue weighted by molar-refractivity contribution is 0.0691. The summed E-state index contributed by atoms with van der Waals surface area (Å²) in [5, 5.41) is 10.5. The van der Waals surface area contributed by atoms with Crippen LogP contribution in [0.3, 0.4) is 0 Å². The number of anilines is 1. The van der Waals surface area contributed by atoms with E-state index in [2.05, 4.69) is 9.71 Å². The molecule has 0 bridgehead atoms. The Morgan fingerprint density at radius 3 is 2.70 bits per heavy atom. The van der Waals surface area contributed by atoms with Crippen molar-refractivity contribution in [3.8, 4) is 0 Å². The van der Waals surface area contributed by atoms with E-state index >= 15 is 0 Å². The van der Waals surface area contributed by atoms with E-state index in [0.717, 1.165) is 23.5 Å². The van der Waals surface area contributed by atoms with Gasteiger partial charge in [-0.1, -0.05) is 0 Å². The van der Waals surface area contributed by atoms with Crippen LogP contribution in [-0.2, 0) is 10.0 Å². The highest BCUT2D eigenvalue weighted by Gasteiger charge is 2.23. The van der Waals surface area contributed by atoms with Gasteiger partial charge in [0.15, 0.2) is 5.13 Å². The van der Waals surface area contributed by atoms with Crippen molar-refractivity contribution in [3.05, 3.63) is 40.7 Å². The summed E-state index contributed by atoms with van der Waals surface area (Å²) >= 11 is 1.07. The molecule has 20 heavy (non-hydrogen) atoms. The quantitative estimate of drug-likeness (QED) is 0.900. The van der Waals surface area contributed by atoms with E-state index in [4.69, 9.17) is 5.11 Å². The van der Waals surface area contributed by atoms with Gasteiger partial charge < -0.3 is 5.11 Å². The molecule has 0 unspecified atom stereocenters. The van der Waals surface area contributed by atoms with Gasteiger partial charge in [0.05, 0.1) is 10.5 Å². The average molecular weight is 316 g/mol. The van der Waals surface area contributed by atoms with E-state index in [0.29, 0.717) is 0 Å². The van der Waals surface area contributed by atoms with Crippen molar-refractivity contribution in [2.45, 2.75) is 11.8 Å². The summed E-state index contributed by atoms with van der Waals surface area (Å²) in [7, 11) is -4.01. The van der Waals surface area contributed by atoms with Crippen molar-refractivity contribution in [2.75, 3.05) is 4.72 Å². The van der Waals surface area contributed by atoms with Gasteiger partial charge in [0.2, 0.25) is 0 Å². The molecule has 0 amide bonds. The molecule has 1 aromatic carbocycles. The number of rotatable bonds is 4. The van der Waals surface area contributed by atoms with Crippen molar-refractivity contribution in [1.82, 2.24) is 4.98 Å². The SMILES string of the molecule is Cc1c(S(=O)(=O)Nc2nccs2)ccc(C(=O)O)c1F. The lowest BCUT2D eigenvalue weighted by atomic mass is 10.1. The lowest BCUT2D eigenvalue weighted by Crippen LogP contribution is -2.16. The van der Waals surface area contributed by atoms with Crippen molar-refractivity contribution in [1.29, 1.82) is 0 Å². The first-order valence-electron chi connectivity index (χ1n) is 5.27. The van der Waals surface area contributed by atoms with E-state index in [-0.39, 0.29) is 15.6 Å². The van der Waals surface area contributed by atoms with Crippen LogP contribution in [0.4, 0.5) is 9.52 Å². The van der Waals surface area contributed by atoms with Gasteiger partial charge in [-0.15, -0.1) is 11.3 Å². The number of carbonyl (C=O) groups is 1. The summed E-state index contributed by atoms with van der Waals surface area (Å²) in [6.45, 7) is 1.21. The predicted molar refractivity (Wildman–Crippen MR) is 71.0 cm³/mol. The summed E-state index contributed by atoms with van der Waals surface area (Å²) in [5.74, 6) is -2.53. The molecule has 106 valence electrons. The number of benzene rings is 1. The van der Waals surface area contributed by atoms with Gasteiger partial charge in [-0.25, -0.2) is 22.6 Å². The fourth-order valence-electron chi connectivity index (χ4n) is 1.57. The molecule has 2 N–H and O–H groups in total. The van der Waals surface area contributed by atoms with Crippen LogP contribution in [0.2, 0.25) is 0 Å². The van der Waals surface area contributed by atoms with Crippen LogP contribution in [0.15, 0.2) is 28.6 Å². The highest BCUT2D eigenvalue weighted by Crippen LogP contribution is 2.24. The van der Waals surface area contributed by atoms with E-state index in [1.807, 2.05) is 0 Å². The molecule has 1 heterocycles. The van der Waals surface area contributed by atoms with E-state index < -0.39 is 27.4 Å². The van der Waals surface area contributed by atoms with Gasteiger partial charge in [0.1, 0.15) is 5.82 Å². The first-order chi connectivity index (χ1) is 9.33. The van der Waals surface area contributed by atoms with Crippen molar-refractivity contribution >= 4 is 32.5 Å². The highest BCUT2D eigenvalue weighted by molar-refractivity contribution is 7.93. The van der Waals surface area contributed by atoms with Crippen LogP contribution in [0.1, 0.15) is 15.9 Å². The molecule has 0 aliphatic carbocycles. The number of nitrogens with one attached hydrogen (secondary N) is 1. The van der Waals surface area contributed by atoms with Crippen LogP contribution in [-0.4, -0.2) is 24.5 Å². The second-order valence-electron chi connectivity index (χ2n) is 3.80. The zero-order valence-corrected chi connectivity index (χ0v) is 11.8. The van der Waals surface area contributed by atoms with Gasteiger partial charge in [-0.05, 0) is 19.1 Å². The third kappa shape index (κ3) is 2.63. The number of sulfonamides is 1. The van der Waals surface area contributed by atoms with E-state index in [1.54, 1.807) is 5.38 Å². The molecule has 0 saturated heterocycles. The first-order valence-corrected chi connectivity index (χ1v) is 7.64. The van der Waals surface area contributed by atoms with E-state index in [1.165, 1.54) is 13.1 Å². The van der Waals surface area contributed by atoms with Crippen molar-refractivity contribution < 1.29 is 22.7 Å². The van der Waals surface area contributed by atoms with Crippen LogP contribution >= 0.6 is 11.3 Å². The molecule has 0 atom stereocenters. The Morgan fingerprint density at radius 2 is 2.15 bits per heavy atom. The Balaban J connectivity index is 2.48. The number of nitrogens with zero attached hydrogens (tertiary/aromatic N) is 1. The van der Waals surface area contributed by atoms with Crippen LogP contribution in [0.5, 0.6) is 0 Å². The Kier molecular flexibility index (Phi) is 3.73. The topological polar surface area (TPSA) is 96.4 Å². The van der Waals surface area contributed by atoms with Gasteiger partial charge in [-0.3, -0.25) is 4.72 Å². The fourth-order valence-corrected chi connectivity index (χ4v) is 3.59. The highest BCUT2D eigenvalue weighted by atomic mass is 32.2. The van der Waals surface area contributed by atoms with Gasteiger partial charge in [-0.2, -0.15) is 0 Å². The zero-order chi connectivity index (χ0) is 14.9. The second-order valence-corrected chi connectivity index (χ2v) is 6.34. The third-order valence-corrected chi connectivity index (χ3v) is 4.81. The molecule has 2 rings (SSSR count). The molecule has 0 aliphatic rings. The third-order valence-electron chi connectivity index (χ3n) is 2.51. The van der Waals surface area contributed by atoms with Crippen molar-refractivity contribution in [2.24, 2.45) is 0 Å². The number of aromatic carboxylic acids is 1. The maximum atomic E-state index is 13.8. The van der Waals surface area contributed by atoms with Crippen LogP contribution in [0, 0.1) is 12.7 Å². The molecule has 6 nitrogen and oxygen atoms in total. The van der Waals surface area contributed by atoms with Crippen LogP contribution in [0.25, 0.3) is 0 Å². The molecule has 0 saturated carbocycles. The molecule has 0 spiro atoms. The molecule has 9 heteroatoms. The normalized spacial score (nSPS) is 11.3. The number of carboxylic acid groups (broad SMARTS) is 1. The number of carboxylic acids is 1. The maximum Gasteiger partial charge on any atom is 0.338 e. The summed E-state index contributed by atoms with van der Waals surface area (Å²) in [4.78, 5) is 14.2. The van der Waals surface area contributed by atoms with Crippen LogP contribution < -0.4 is 4.72 Å². The molecule has 0 fully saturated rings. The number of halogens is 1. The van der Waals surface area contributed by atoms with Gasteiger partial charge >= 0.3 is 5.97 Å².